The minimum Gasteiger partial charge on any atom is -0.475 e. The highest BCUT2D eigenvalue weighted by molar-refractivity contribution is 6.99. The molecule has 2 unspecified atom stereocenters. The molecule has 1 aromatic heterocycles. The summed E-state index contributed by atoms with van der Waals surface area (Å²) >= 11 is 6.71. The lowest BCUT2D eigenvalue weighted by atomic mass is 10.0. The molecule has 9 heteroatoms. The fourth-order valence-corrected chi connectivity index (χ4v) is 5.26. The zero-order valence-corrected chi connectivity index (χ0v) is 23.3. The van der Waals surface area contributed by atoms with E-state index in [0.29, 0.717) is 37.6 Å². The van der Waals surface area contributed by atoms with Gasteiger partial charge in [-0.25, -0.2) is 10.0 Å². The Kier molecular flexibility index (Phi) is 14.8. The van der Waals surface area contributed by atoms with Crippen LogP contribution < -0.4 is 4.74 Å². The predicted molar refractivity (Wildman–Crippen MR) is 142 cm³/mol. The average Bonchev–Trinajstić information content (AvgIpc) is 3.30. The standard InChI is InChI=1S/C26H45ClN3O4S/c1-3-5-7-9-10-11-12-13-14-18-23(34-26(27)31)30(32)19-16-17-22(21-30)24-25(29-35-28-24)33-20-15-8-6-4-2/h17,23,32H,3-16,18-21H2,1-2H3/q+1. The Labute approximate surface area is 220 Å². The molecule has 0 saturated carbocycles. The van der Waals surface area contributed by atoms with Crippen molar-refractivity contribution < 1.29 is 24.1 Å². The molecule has 0 aromatic carbocycles. The lowest BCUT2D eigenvalue weighted by molar-refractivity contribution is -1.13. The Morgan fingerprint density at radius 2 is 1.66 bits per heavy atom. The quantitative estimate of drug-likeness (QED) is 0.110. The van der Waals surface area contributed by atoms with Crippen LogP contribution in [0.3, 0.4) is 0 Å². The maximum atomic E-state index is 11.6. The molecule has 2 atom stereocenters. The van der Waals surface area contributed by atoms with E-state index >= 15 is 0 Å². The molecule has 0 radical (unpaired) electrons. The second kappa shape index (κ2) is 17.3. The van der Waals surface area contributed by atoms with Crippen LogP contribution in [0.5, 0.6) is 5.88 Å². The average molecular weight is 531 g/mol. The highest BCUT2D eigenvalue weighted by atomic mass is 35.5. The highest BCUT2D eigenvalue weighted by Gasteiger charge is 2.42. The summed E-state index contributed by atoms with van der Waals surface area (Å²) in [6.45, 7) is 5.76. The molecule has 2 rings (SSSR count). The molecule has 0 bridgehead atoms. The van der Waals surface area contributed by atoms with Crippen LogP contribution in [-0.4, -0.2) is 50.0 Å². The van der Waals surface area contributed by atoms with E-state index < -0.39 is 11.7 Å². The molecule has 7 nitrogen and oxygen atoms in total. The maximum Gasteiger partial charge on any atom is 0.408 e. The van der Waals surface area contributed by atoms with E-state index in [0.717, 1.165) is 49.4 Å². The fraction of sp³-hybridized carbons (Fsp3) is 0.808. The van der Waals surface area contributed by atoms with Crippen molar-refractivity contribution in [2.45, 2.75) is 116 Å². The van der Waals surface area contributed by atoms with Gasteiger partial charge in [-0.1, -0.05) is 90.6 Å². The maximum absolute atomic E-state index is 11.6. The number of carbonyl (C=O) groups is 1. The van der Waals surface area contributed by atoms with E-state index in [1.165, 1.54) is 51.4 Å². The summed E-state index contributed by atoms with van der Waals surface area (Å²) in [6.07, 6.45) is 17.9. The number of hydroxylamine groups is 3. The Hall–Kier alpha value is -1.22. The van der Waals surface area contributed by atoms with Gasteiger partial charge in [0.2, 0.25) is 0 Å². The van der Waals surface area contributed by atoms with Crippen molar-refractivity contribution in [3.8, 4) is 5.88 Å². The number of hydrogen-bond donors (Lipinski definition) is 1. The lowest BCUT2D eigenvalue weighted by Gasteiger charge is -2.38. The van der Waals surface area contributed by atoms with Gasteiger partial charge in [0, 0.05) is 30.0 Å². The molecule has 200 valence electrons. The van der Waals surface area contributed by atoms with Crippen LogP contribution in [0.2, 0.25) is 0 Å². The van der Waals surface area contributed by atoms with Gasteiger partial charge in [-0.3, -0.25) is 0 Å². The zero-order valence-electron chi connectivity index (χ0n) is 21.7. The second-order valence-electron chi connectivity index (χ2n) is 9.64. The van der Waals surface area contributed by atoms with E-state index in [1.54, 1.807) is 0 Å². The SMILES string of the molecule is CCCCCCCCCCCC(OC(=O)Cl)[N+]1(O)CCC=C(c2nsnc2OCCCCCC)C1. The van der Waals surface area contributed by atoms with Crippen LogP contribution in [0.4, 0.5) is 4.79 Å². The first kappa shape index (κ1) is 30.0. The Morgan fingerprint density at radius 3 is 2.31 bits per heavy atom. The van der Waals surface area contributed by atoms with Gasteiger partial charge in [0.25, 0.3) is 12.1 Å². The molecule has 1 aromatic rings. The Morgan fingerprint density at radius 1 is 1.03 bits per heavy atom. The van der Waals surface area contributed by atoms with Crippen LogP contribution in [0.15, 0.2) is 6.08 Å². The van der Waals surface area contributed by atoms with E-state index in [4.69, 9.17) is 21.1 Å². The van der Waals surface area contributed by atoms with E-state index in [2.05, 4.69) is 28.7 Å². The third-order valence-corrected chi connectivity index (χ3v) is 7.27. The number of unbranched alkanes of at least 4 members (excludes halogenated alkanes) is 11. The van der Waals surface area contributed by atoms with E-state index in [9.17, 15) is 10.0 Å². The normalized spacial score (nSPS) is 18.8. The number of quaternary nitrogens is 1. The molecule has 1 N–H and O–H groups in total. The molecule has 0 fully saturated rings. The van der Waals surface area contributed by atoms with Crippen molar-refractivity contribution in [2.24, 2.45) is 0 Å². The van der Waals surface area contributed by atoms with Gasteiger partial charge >= 0.3 is 5.43 Å². The van der Waals surface area contributed by atoms with Crippen molar-refractivity contribution >= 4 is 34.3 Å². The third-order valence-electron chi connectivity index (χ3n) is 6.67. The number of halogens is 1. The summed E-state index contributed by atoms with van der Waals surface area (Å²) in [6, 6.07) is 0. The van der Waals surface area contributed by atoms with Crippen LogP contribution in [-0.2, 0) is 4.74 Å². The summed E-state index contributed by atoms with van der Waals surface area (Å²) in [4.78, 5) is 11.6. The first-order chi connectivity index (χ1) is 17.0. The molecule has 0 aliphatic carbocycles. The van der Waals surface area contributed by atoms with Gasteiger partial charge < -0.3 is 9.47 Å². The van der Waals surface area contributed by atoms with Crippen molar-refractivity contribution in [2.75, 3.05) is 19.7 Å². The van der Waals surface area contributed by atoms with Gasteiger partial charge in [0.05, 0.1) is 18.3 Å². The van der Waals surface area contributed by atoms with Crippen molar-refractivity contribution in [1.29, 1.82) is 0 Å². The summed E-state index contributed by atoms with van der Waals surface area (Å²) < 4.78 is 19.7. The number of nitrogens with zero attached hydrogens (tertiary/aromatic N) is 3. The Balaban J connectivity index is 1.89. The minimum atomic E-state index is -0.875. The number of ether oxygens (including phenoxy) is 2. The van der Waals surface area contributed by atoms with Crippen LogP contribution in [0.1, 0.15) is 116 Å². The number of carbonyl (C=O) groups excluding carboxylic acids is 1. The largest absolute Gasteiger partial charge is 0.475 e. The summed E-state index contributed by atoms with van der Waals surface area (Å²) in [5.74, 6) is 0.524. The van der Waals surface area contributed by atoms with E-state index in [-0.39, 0.29) is 11.2 Å². The Bertz CT molecular complexity index is 761. The third kappa shape index (κ3) is 11.1. The number of aromatic nitrogens is 2. The molecule has 0 spiro atoms. The number of hydrogen-bond acceptors (Lipinski definition) is 7. The van der Waals surface area contributed by atoms with Gasteiger partial charge in [-0.2, -0.15) is 4.37 Å². The topological polar surface area (TPSA) is 81.5 Å². The molecule has 0 saturated heterocycles. The molecule has 2 heterocycles. The summed E-state index contributed by atoms with van der Waals surface area (Å²) in [7, 11) is 0. The highest BCUT2D eigenvalue weighted by Crippen LogP contribution is 2.33. The van der Waals surface area contributed by atoms with Crippen LogP contribution in [0.25, 0.3) is 5.57 Å². The lowest BCUT2D eigenvalue weighted by Crippen LogP contribution is -2.56. The van der Waals surface area contributed by atoms with Crippen LogP contribution in [0, 0.1) is 0 Å². The smallest absolute Gasteiger partial charge is 0.408 e. The minimum absolute atomic E-state index is 0.282. The first-order valence-corrected chi connectivity index (χ1v) is 14.7. The first-order valence-electron chi connectivity index (χ1n) is 13.6. The molecule has 1 aliphatic heterocycles. The van der Waals surface area contributed by atoms with Gasteiger partial charge in [-0.05, 0) is 12.8 Å². The van der Waals surface area contributed by atoms with Gasteiger partial charge in [0.1, 0.15) is 18.8 Å². The number of rotatable bonds is 19. The van der Waals surface area contributed by atoms with Crippen molar-refractivity contribution in [3.63, 3.8) is 0 Å². The zero-order chi connectivity index (χ0) is 25.4. The van der Waals surface area contributed by atoms with Crippen molar-refractivity contribution in [3.05, 3.63) is 11.8 Å². The van der Waals surface area contributed by atoms with Crippen molar-refractivity contribution in [1.82, 2.24) is 8.75 Å². The predicted octanol–water partition coefficient (Wildman–Crippen LogP) is 8.11. The second-order valence-corrected chi connectivity index (χ2v) is 10.5. The summed E-state index contributed by atoms with van der Waals surface area (Å²) in [5, 5.41) is 11.5. The molecule has 1 aliphatic rings. The fourth-order valence-electron chi connectivity index (χ4n) is 4.62. The van der Waals surface area contributed by atoms with Crippen LogP contribution >= 0.6 is 23.3 Å². The monoisotopic (exact) mass is 530 g/mol. The van der Waals surface area contributed by atoms with Gasteiger partial charge in [0.15, 0.2) is 0 Å². The summed E-state index contributed by atoms with van der Waals surface area (Å²) in [5.41, 5.74) is 0.680. The van der Waals surface area contributed by atoms with E-state index in [1.807, 2.05) is 0 Å². The molecular weight excluding hydrogens is 486 g/mol. The van der Waals surface area contributed by atoms with Gasteiger partial charge in [-0.15, -0.1) is 9.02 Å². The molecule has 35 heavy (non-hydrogen) atoms. The molecule has 0 amide bonds. The molecular formula is C26H45ClN3O4S+.